The highest BCUT2D eigenvalue weighted by molar-refractivity contribution is 6.07. The van der Waals surface area contributed by atoms with Crippen LogP contribution >= 0.6 is 0 Å². The monoisotopic (exact) mass is 397 g/mol. The number of amides is 1. The first kappa shape index (κ1) is 18.1. The maximum Gasteiger partial charge on any atom is 0.252 e. The molecule has 1 aliphatic rings. The minimum absolute atomic E-state index is 0.156. The van der Waals surface area contributed by atoms with Gasteiger partial charge >= 0.3 is 0 Å². The molecule has 0 saturated heterocycles. The summed E-state index contributed by atoms with van der Waals surface area (Å²) in [6.07, 6.45) is 3.45. The third kappa shape index (κ3) is 3.55. The van der Waals surface area contributed by atoms with E-state index in [4.69, 9.17) is 14.5 Å². The fourth-order valence-electron chi connectivity index (χ4n) is 3.49. The van der Waals surface area contributed by atoms with Crippen LogP contribution in [0.3, 0.4) is 0 Å². The van der Waals surface area contributed by atoms with Crippen LogP contribution in [0.5, 0.6) is 11.5 Å². The molecule has 6 nitrogen and oxygen atoms in total. The van der Waals surface area contributed by atoms with Gasteiger partial charge in [0.05, 0.1) is 16.8 Å². The molecule has 0 bridgehead atoms. The molecule has 5 rings (SSSR count). The fraction of sp³-hybridized carbons (Fsp3) is 0.125. The number of nitrogens with one attached hydrogen (secondary N) is 1. The summed E-state index contributed by atoms with van der Waals surface area (Å²) in [7, 11) is 0. The van der Waals surface area contributed by atoms with Crippen LogP contribution in [-0.4, -0.2) is 29.1 Å². The summed E-state index contributed by atoms with van der Waals surface area (Å²) in [5, 5.41) is 3.79. The number of benzene rings is 2. The van der Waals surface area contributed by atoms with E-state index < -0.39 is 0 Å². The van der Waals surface area contributed by atoms with Crippen LogP contribution in [0, 0.1) is 0 Å². The zero-order valence-electron chi connectivity index (χ0n) is 16.2. The second-order valence-corrected chi connectivity index (χ2v) is 6.97. The number of fused-ring (bicyclic) bond motifs is 2. The van der Waals surface area contributed by atoms with E-state index >= 15 is 0 Å². The lowest BCUT2D eigenvalue weighted by molar-refractivity contribution is 0.0952. The number of nitrogens with zero attached hydrogens (tertiary/aromatic N) is 2. The minimum atomic E-state index is -0.156. The van der Waals surface area contributed by atoms with E-state index in [-0.39, 0.29) is 5.91 Å². The van der Waals surface area contributed by atoms with Crippen LogP contribution in [0.1, 0.15) is 15.9 Å². The molecule has 1 aliphatic heterocycles. The topological polar surface area (TPSA) is 73.3 Å². The van der Waals surface area contributed by atoms with Gasteiger partial charge in [-0.05, 0) is 42.0 Å². The molecule has 0 unspecified atom stereocenters. The van der Waals surface area contributed by atoms with Crippen molar-refractivity contribution < 1.29 is 14.3 Å². The van der Waals surface area contributed by atoms with Gasteiger partial charge in [-0.2, -0.15) is 0 Å². The van der Waals surface area contributed by atoms with E-state index in [2.05, 4.69) is 10.3 Å². The van der Waals surface area contributed by atoms with Gasteiger partial charge in [-0.1, -0.05) is 24.3 Å². The third-order valence-electron chi connectivity index (χ3n) is 4.97. The third-order valence-corrected chi connectivity index (χ3v) is 4.97. The second-order valence-electron chi connectivity index (χ2n) is 6.97. The summed E-state index contributed by atoms with van der Waals surface area (Å²) in [6, 6.07) is 19.0. The van der Waals surface area contributed by atoms with Gasteiger partial charge < -0.3 is 14.8 Å². The Morgan fingerprint density at radius 2 is 1.83 bits per heavy atom. The molecular formula is C24H19N3O3. The number of rotatable bonds is 4. The molecule has 0 atom stereocenters. The van der Waals surface area contributed by atoms with Crippen molar-refractivity contribution in [2.75, 3.05) is 13.2 Å². The molecule has 148 valence electrons. The molecule has 4 aromatic rings. The van der Waals surface area contributed by atoms with Crippen LogP contribution in [0.15, 0.2) is 73.1 Å². The molecule has 3 heterocycles. The predicted molar refractivity (Wildman–Crippen MR) is 114 cm³/mol. The Morgan fingerprint density at radius 1 is 0.967 bits per heavy atom. The molecule has 0 fully saturated rings. The van der Waals surface area contributed by atoms with E-state index in [9.17, 15) is 4.79 Å². The first-order chi connectivity index (χ1) is 14.8. The lowest BCUT2D eigenvalue weighted by Gasteiger charge is -2.19. The summed E-state index contributed by atoms with van der Waals surface area (Å²) in [5.74, 6) is 1.26. The van der Waals surface area contributed by atoms with Gasteiger partial charge in [0.2, 0.25) is 0 Å². The first-order valence-electron chi connectivity index (χ1n) is 9.75. The van der Waals surface area contributed by atoms with Crippen molar-refractivity contribution in [3.8, 4) is 22.8 Å². The van der Waals surface area contributed by atoms with E-state index in [1.54, 1.807) is 12.4 Å². The number of ether oxygens (including phenoxy) is 2. The largest absolute Gasteiger partial charge is 0.486 e. The average Bonchev–Trinajstić information content (AvgIpc) is 2.82. The van der Waals surface area contributed by atoms with Crippen LogP contribution in [-0.2, 0) is 6.54 Å². The van der Waals surface area contributed by atoms with Crippen LogP contribution in [0.25, 0.3) is 22.2 Å². The number of hydrogen-bond donors (Lipinski definition) is 1. The molecule has 1 amide bonds. The van der Waals surface area contributed by atoms with Crippen LogP contribution < -0.4 is 14.8 Å². The Kier molecular flexibility index (Phi) is 4.73. The standard InChI is InChI=1S/C24H19N3O3/c28-24(26-15-16-4-3-9-25-14-16)19-13-21(27-20-6-2-1-5-18(19)20)17-7-8-22-23(12-17)30-11-10-29-22/h1-9,12-14H,10-11,15H2,(H,26,28). The summed E-state index contributed by atoms with van der Waals surface area (Å²) in [6.45, 7) is 1.47. The van der Waals surface area contributed by atoms with Gasteiger partial charge in [0, 0.05) is 29.9 Å². The first-order valence-corrected chi connectivity index (χ1v) is 9.75. The number of hydrogen-bond acceptors (Lipinski definition) is 5. The van der Waals surface area contributed by atoms with Crippen molar-refractivity contribution >= 4 is 16.8 Å². The van der Waals surface area contributed by atoms with Gasteiger partial charge in [-0.3, -0.25) is 9.78 Å². The highest BCUT2D eigenvalue weighted by Gasteiger charge is 2.17. The zero-order chi connectivity index (χ0) is 20.3. The highest BCUT2D eigenvalue weighted by atomic mass is 16.6. The van der Waals surface area contributed by atoms with E-state index in [0.717, 1.165) is 27.8 Å². The van der Waals surface area contributed by atoms with Gasteiger partial charge in [-0.25, -0.2) is 4.98 Å². The van der Waals surface area contributed by atoms with Crippen LogP contribution in [0.4, 0.5) is 0 Å². The van der Waals surface area contributed by atoms with Gasteiger partial charge in [0.15, 0.2) is 11.5 Å². The lowest BCUT2D eigenvalue weighted by atomic mass is 10.0. The quantitative estimate of drug-likeness (QED) is 0.564. The SMILES string of the molecule is O=C(NCc1cccnc1)c1cc(-c2ccc3c(c2)OCCO3)nc2ccccc12. The Morgan fingerprint density at radius 3 is 2.70 bits per heavy atom. The Hall–Kier alpha value is -3.93. The number of carbonyl (C=O) groups is 1. The predicted octanol–water partition coefficient (Wildman–Crippen LogP) is 4.00. The Bertz CT molecular complexity index is 1230. The number of para-hydroxylation sites is 1. The molecule has 30 heavy (non-hydrogen) atoms. The highest BCUT2D eigenvalue weighted by Crippen LogP contribution is 2.35. The van der Waals surface area contributed by atoms with Crippen LogP contribution in [0.2, 0.25) is 0 Å². The lowest BCUT2D eigenvalue weighted by Crippen LogP contribution is -2.23. The molecular weight excluding hydrogens is 378 g/mol. The summed E-state index contributed by atoms with van der Waals surface area (Å²) >= 11 is 0. The summed E-state index contributed by atoms with van der Waals surface area (Å²) in [4.78, 5) is 21.9. The summed E-state index contributed by atoms with van der Waals surface area (Å²) in [5.41, 5.74) is 3.85. The van der Waals surface area contributed by atoms with E-state index in [1.807, 2.05) is 60.7 Å². The zero-order valence-corrected chi connectivity index (χ0v) is 16.2. The molecule has 2 aromatic carbocycles. The molecule has 0 radical (unpaired) electrons. The molecule has 0 spiro atoms. The van der Waals surface area contributed by atoms with Gasteiger partial charge in [0.1, 0.15) is 13.2 Å². The van der Waals surface area contributed by atoms with Crippen molar-refractivity contribution in [3.05, 3.63) is 84.2 Å². The number of carbonyl (C=O) groups excluding carboxylic acids is 1. The maximum atomic E-state index is 13.0. The van der Waals surface area contributed by atoms with E-state index in [0.29, 0.717) is 36.8 Å². The molecule has 6 heteroatoms. The molecule has 0 aliphatic carbocycles. The molecule has 2 aromatic heterocycles. The minimum Gasteiger partial charge on any atom is -0.486 e. The fourth-order valence-corrected chi connectivity index (χ4v) is 3.49. The van der Waals surface area contributed by atoms with Crippen molar-refractivity contribution in [2.45, 2.75) is 6.54 Å². The number of aromatic nitrogens is 2. The van der Waals surface area contributed by atoms with Crippen molar-refractivity contribution in [1.29, 1.82) is 0 Å². The Labute approximate surface area is 173 Å². The second kappa shape index (κ2) is 7.83. The van der Waals surface area contributed by atoms with Crippen molar-refractivity contribution in [2.24, 2.45) is 0 Å². The average molecular weight is 397 g/mol. The Balaban J connectivity index is 1.52. The number of pyridine rings is 2. The maximum absolute atomic E-state index is 13.0. The van der Waals surface area contributed by atoms with Gasteiger partial charge in [0.25, 0.3) is 5.91 Å². The van der Waals surface area contributed by atoms with Gasteiger partial charge in [-0.15, -0.1) is 0 Å². The van der Waals surface area contributed by atoms with Crippen molar-refractivity contribution in [1.82, 2.24) is 15.3 Å². The normalized spacial score (nSPS) is 12.5. The van der Waals surface area contributed by atoms with Crippen molar-refractivity contribution in [3.63, 3.8) is 0 Å². The summed E-state index contributed by atoms with van der Waals surface area (Å²) < 4.78 is 11.3. The van der Waals surface area contributed by atoms with E-state index in [1.165, 1.54) is 0 Å². The molecule has 1 N–H and O–H groups in total. The molecule has 0 saturated carbocycles. The smallest absolute Gasteiger partial charge is 0.252 e.